The molecule has 204 valence electrons. The lowest BCUT2D eigenvalue weighted by Crippen LogP contribution is -2.26. The minimum Gasteiger partial charge on any atom is -0.491 e. The van der Waals surface area contributed by atoms with Crippen molar-refractivity contribution >= 4 is 12.0 Å². The lowest BCUT2D eigenvalue weighted by molar-refractivity contribution is -0.137. The van der Waals surface area contributed by atoms with E-state index in [0.717, 1.165) is 29.7 Å². The van der Waals surface area contributed by atoms with Crippen molar-refractivity contribution in [2.45, 2.75) is 104 Å². The molecule has 0 amide bonds. The Balaban J connectivity index is 2.26. The summed E-state index contributed by atoms with van der Waals surface area (Å²) < 4.78 is 5.88. The molecule has 5 nitrogen and oxygen atoms in total. The fourth-order valence-corrected chi connectivity index (χ4v) is 4.99. The number of aliphatic carboxylic acids is 1. The van der Waals surface area contributed by atoms with Gasteiger partial charge >= 0.3 is 5.97 Å². The van der Waals surface area contributed by atoms with Crippen molar-refractivity contribution in [1.29, 1.82) is 0 Å². The molecule has 1 atom stereocenters. The van der Waals surface area contributed by atoms with Gasteiger partial charge in [0.25, 0.3) is 0 Å². The Bertz CT molecular complexity index is 1050. The SMILES string of the molecule is CCC(O)(/C=C/c1ccc(C(CC)(CC)c2ccc(OCC(O)CCCC(=O)O)c(C)c2)cc1C)CC. The largest absolute Gasteiger partial charge is 0.491 e. The van der Waals surface area contributed by atoms with Gasteiger partial charge in [-0.3, -0.25) is 4.79 Å². The van der Waals surface area contributed by atoms with Crippen LogP contribution in [0.2, 0.25) is 0 Å². The molecular weight excluding hydrogens is 464 g/mol. The van der Waals surface area contributed by atoms with Crippen molar-refractivity contribution in [2.75, 3.05) is 6.61 Å². The monoisotopic (exact) mass is 510 g/mol. The number of carbonyl (C=O) groups is 1. The molecule has 0 spiro atoms. The van der Waals surface area contributed by atoms with Gasteiger partial charge in [-0.1, -0.05) is 70.2 Å². The molecule has 5 heteroatoms. The first-order valence-electron chi connectivity index (χ1n) is 13.7. The van der Waals surface area contributed by atoms with E-state index in [9.17, 15) is 15.0 Å². The smallest absolute Gasteiger partial charge is 0.303 e. The first kappa shape index (κ1) is 30.6. The molecule has 3 N–H and O–H groups in total. The molecule has 0 saturated heterocycles. The Morgan fingerprint density at radius 3 is 2.05 bits per heavy atom. The van der Waals surface area contributed by atoms with Gasteiger partial charge in [-0.25, -0.2) is 0 Å². The number of rotatable bonds is 15. The maximum absolute atomic E-state index is 10.7. The summed E-state index contributed by atoms with van der Waals surface area (Å²) in [6, 6.07) is 12.9. The third kappa shape index (κ3) is 7.93. The minimum absolute atomic E-state index is 0.0529. The van der Waals surface area contributed by atoms with Crippen LogP contribution in [0, 0.1) is 13.8 Å². The van der Waals surface area contributed by atoms with Crippen LogP contribution in [0.1, 0.15) is 100 Å². The molecule has 0 fully saturated rings. The van der Waals surface area contributed by atoms with Gasteiger partial charge in [0, 0.05) is 11.8 Å². The highest BCUT2D eigenvalue weighted by atomic mass is 16.5. The van der Waals surface area contributed by atoms with Gasteiger partial charge in [-0.15, -0.1) is 0 Å². The number of benzene rings is 2. The second kappa shape index (κ2) is 13.8. The Labute approximate surface area is 223 Å². The van der Waals surface area contributed by atoms with Crippen LogP contribution >= 0.6 is 0 Å². The average Bonchev–Trinajstić information content (AvgIpc) is 2.88. The predicted molar refractivity (Wildman–Crippen MR) is 151 cm³/mol. The summed E-state index contributed by atoms with van der Waals surface area (Å²) in [4.78, 5) is 10.7. The lowest BCUT2D eigenvalue weighted by Gasteiger charge is -2.34. The summed E-state index contributed by atoms with van der Waals surface area (Å²) in [5.41, 5.74) is 4.91. The number of aryl methyl sites for hydroxylation is 2. The molecule has 2 rings (SSSR count). The number of carboxylic acid groups (broad SMARTS) is 1. The number of ether oxygens (including phenoxy) is 1. The molecule has 0 saturated carbocycles. The second-order valence-corrected chi connectivity index (χ2v) is 10.2. The van der Waals surface area contributed by atoms with Gasteiger partial charge in [-0.2, -0.15) is 0 Å². The van der Waals surface area contributed by atoms with Crippen LogP contribution in [0.5, 0.6) is 5.75 Å². The topological polar surface area (TPSA) is 87.0 Å². The first-order valence-corrected chi connectivity index (χ1v) is 13.7. The van der Waals surface area contributed by atoms with Gasteiger partial charge < -0.3 is 20.1 Å². The first-order chi connectivity index (χ1) is 17.5. The molecule has 0 aliphatic rings. The van der Waals surface area contributed by atoms with Gasteiger partial charge in [0.1, 0.15) is 12.4 Å². The molecule has 0 heterocycles. The highest BCUT2D eigenvalue weighted by Crippen LogP contribution is 2.41. The standard InChI is InChI=1S/C32H46O5/c1-7-31(36,8-2)19-18-25-14-15-26(20-23(25)5)32(9-3,10-4)27-16-17-29(24(6)21-27)37-22-28(33)12-11-13-30(34)35/h14-21,28,33,36H,7-13,22H2,1-6H3,(H,34,35)/b19-18+. The van der Waals surface area contributed by atoms with Gasteiger partial charge in [0.2, 0.25) is 0 Å². The zero-order chi connectivity index (χ0) is 27.6. The lowest BCUT2D eigenvalue weighted by atomic mass is 9.70. The van der Waals surface area contributed by atoms with Gasteiger partial charge in [-0.05, 0) is 86.3 Å². The minimum atomic E-state index is -0.851. The third-order valence-electron chi connectivity index (χ3n) is 7.91. The van der Waals surface area contributed by atoms with Gasteiger partial charge in [0.15, 0.2) is 0 Å². The summed E-state index contributed by atoms with van der Waals surface area (Å²) in [6.45, 7) is 12.7. The van der Waals surface area contributed by atoms with Gasteiger partial charge in [0.05, 0.1) is 11.7 Å². The van der Waals surface area contributed by atoms with E-state index in [0.29, 0.717) is 25.7 Å². The van der Waals surface area contributed by atoms with E-state index >= 15 is 0 Å². The molecule has 0 aromatic heterocycles. The fourth-order valence-electron chi connectivity index (χ4n) is 4.99. The van der Waals surface area contributed by atoms with Crippen LogP contribution < -0.4 is 4.74 Å². The van der Waals surface area contributed by atoms with Crippen LogP contribution in [0.4, 0.5) is 0 Å². The predicted octanol–water partition coefficient (Wildman–Crippen LogP) is 6.97. The van der Waals surface area contributed by atoms with Crippen LogP contribution in [-0.4, -0.2) is 39.6 Å². The summed E-state index contributed by atoms with van der Waals surface area (Å²) >= 11 is 0. The van der Waals surface area contributed by atoms with E-state index in [1.165, 1.54) is 16.7 Å². The second-order valence-electron chi connectivity index (χ2n) is 10.2. The summed E-state index contributed by atoms with van der Waals surface area (Å²) in [6.07, 6.45) is 7.44. The summed E-state index contributed by atoms with van der Waals surface area (Å²) in [5, 5.41) is 29.5. The number of hydrogen-bond donors (Lipinski definition) is 3. The normalized spacial score (nSPS) is 13.2. The maximum Gasteiger partial charge on any atom is 0.303 e. The molecule has 0 radical (unpaired) electrons. The average molecular weight is 511 g/mol. The van der Waals surface area contributed by atoms with Crippen LogP contribution in [0.25, 0.3) is 6.08 Å². The molecule has 1 unspecified atom stereocenters. The molecule has 37 heavy (non-hydrogen) atoms. The van der Waals surface area contributed by atoms with E-state index in [1.54, 1.807) is 0 Å². The van der Waals surface area contributed by atoms with Crippen molar-refractivity contribution in [2.24, 2.45) is 0 Å². The third-order valence-corrected chi connectivity index (χ3v) is 7.91. The summed E-state index contributed by atoms with van der Waals surface area (Å²) in [5.74, 6) is -0.116. The maximum atomic E-state index is 10.7. The quantitative estimate of drug-likeness (QED) is 0.241. The van der Waals surface area contributed by atoms with Crippen LogP contribution in [-0.2, 0) is 10.2 Å². The molecule has 0 aliphatic carbocycles. The number of hydrogen-bond acceptors (Lipinski definition) is 4. The van der Waals surface area contributed by atoms with Crippen molar-refractivity contribution in [3.8, 4) is 5.75 Å². The van der Waals surface area contributed by atoms with E-state index < -0.39 is 17.7 Å². The molecular formula is C32H46O5. The molecule has 0 aliphatic heterocycles. The van der Waals surface area contributed by atoms with E-state index in [2.05, 4.69) is 51.1 Å². The highest BCUT2D eigenvalue weighted by molar-refractivity contribution is 5.66. The van der Waals surface area contributed by atoms with Crippen molar-refractivity contribution in [3.05, 3.63) is 70.3 Å². The summed E-state index contributed by atoms with van der Waals surface area (Å²) in [7, 11) is 0. The number of aliphatic hydroxyl groups is 2. The Morgan fingerprint density at radius 1 is 0.946 bits per heavy atom. The number of aliphatic hydroxyl groups excluding tert-OH is 1. The van der Waals surface area contributed by atoms with Crippen molar-refractivity contribution in [1.82, 2.24) is 0 Å². The fraction of sp³-hybridized carbons (Fsp3) is 0.531. The van der Waals surface area contributed by atoms with Crippen LogP contribution in [0.3, 0.4) is 0 Å². The molecule has 0 bridgehead atoms. The van der Waals surface area contributed by atoms with Crippen molar-refractivity contribution in [3.63, 3.8) is 0 Å². The van der Waals surface area contributed by atoms with E-state index in [-0.39, 0.29) is 18.4 Å². The Morgan fingerprint density at radius 2 is 1.54 bits per heavy atom. The Kier molecular flexibility index (Phi) is 11.4. The van der Waals surface area contributed by atoms with Crippen LogP contribution in [0.15, 0.2) is 42.5 Å². The zero-order valence-electron chi connectivity index (χ0n) is 23.5. The Hall–Kier alpha value is -2.63. The zero-order valence-corrected chi connectivity index (χ0v) is 23.5. The van der Waals surface area contributed by atoms with Crippen molar-refractivity contribution < 1.29 is 24.9 Å². The highest BCUT2D eigenvalue weighted by Gasteiger charge is 2.31. The molecule has 2 aromatic carbocycles. The van der Waals surface area contributed by atoms with E-state index in [4.69, 9.17) is 9.84 Å². The van der Waals surface area contributed by atoms with E-state index in [1.807, 2.05) is 39.0 Å². The number of carboxylic acids is 1. The molecule has 2 aromatic rings.